The first-order valence-corrected chi connectivity index (χ1v) is 11.6. The first-order chi connectivity index (χ1) is 16.5. The molecule has 0 aliphatic carbocycles. The van der Waals surface area contributed by atoms with E-state index in [1.165, 1.54) is 17.7 Å². The van der Waals surface area contributed by atoms with E-state index in [4.69, 9.17) is 4.74 Å². The average molecular weight is 475 g/mol. The Labute approximate surface area is 199 Å². The van der Waals surface area contributed by atoms with Gasteiger partial charge >= 0.3 is 0 Å². The third-order valence-corrected chi connectivity index (χ3v) is 6.96. The van der Waals surface area contributed by atoms with E-state index in [-0.39, 0.29) is 24.4 Å². The number of amides is 2. The van der Waals surface area contributed by atoms with Gasteiger partial charge in [-0.05, 0) is 24.6 Å². The van der Waals surface area contributed by atoms with E-state index in [1.54, 1.807) is 36.3 Å². The van der Waals surface area contributed by atoms with Crippen molar-refractivity contribution >= 4 is 39.1 Å². The Balaban J connectivity index is 1.41. The van der Waals surface area contributed by atoms with Crippen LogP contribution in [0.25, 0.3) is 21.3 Å². The number of fused-ring (bicyclic) bond motifs is 1. The molecular formula is C25H22N4O4S. The average Bonchev–Trinajstić information content (AvgIpc) is 3.41. The lowest BCUT2D eigenvalue weighted by atomic mass is 10.0. The molecule has 1 aliphatic rings. The van der Waals surface area contributed by atoms with Crippen LogP contribution in [0.2, 0.25) is 0 Å². The maximum absolute atomic E-state index is 13.3. The van der Waals surface area contributed by atoms with Crippen LogP contribution < -0.4 is 20.6 Å². The van der Waals surface area contributed by atoms with Gasteiger partial charge in [0.05, 0.1) is 18.4 Å². The molecule has 1 unspecified atom stereocenters. The number of thiophene rings is 1. The van der Waals surface area contributed by atoms with Crippen molar-refractivity contribution in [3.63, 3.8) is 0 Å². The van der Waals surface area contributed by atoms with Crippen molar-refractivity contribution in [2.24, 2.45) is 5.92 Å². The predicted octanol–water partition coefficient (Wildman–Crippen LogP) is 3.57. The number of hydrogen-bond acceptors (Lipinski definition) is 6. The second-order valence-corrected chi connectivity index (χ2v) is 9.29. The minimum Gasteiger partial charge on any atom is -0.497 e. The Morgan fingerprint density at radius 2 is 1.94 bits per heavy atom. The first kappa shape index (κ1) is 21.8. The van der Waals surface area contributed by atoms with Crippen LogP contribution >= 0.6 is 11.3 Å². The number of methoxy groups -OCH3 is 1. The molecule has 0 radical (unpaired) electrons. The summed E-state index contributed by atoms with van der Waals surface area (Å²) in [5, 5.41) is 0.469. The van der Waals surface area contributed by atoms with Crippen molar-refractivity contribution in [2.45, 2.75) is 13.3 Å². The Bertz CT molecular complexity index is 1460. The topological polar surface area (TPSA) is 93.5 Å². The second-order valence-electron chi connectivity index (χ2n) is 8.08. The molecule has 2 aromatic heterocycles. The Kier molecular flexibility index (Phi) is 5.62. The smallest absolute Gasteiger partial charge is 0.281 e. The minimum atomic E-state index is -0.598. The lowest BCUT2D eigenvalue weighted by Gasteiger charge is -2.17. The summed E-state index contributed by atoms with van der Waals surface area (Å²) in [7, 11) is 1.56. The molecule has 0 saturated carbocycles. The summed E-state index contributed by atoms with van der Waals surface area (Å²) in [4.78, 5) is 46.5. The summed E-state index contributed by atoms with van der Waals surface area (Å²) in [6.07, 6.45) is 1.38. The van der Waals surface area contributed by atoms with Gasteiger partial charge in [-0.2, -0.15) is 0 Å². The van der Waals surface area contributed by atoms with Gasteiger partial charge in [0.15, 0.2) is 0 Å². The third-order valence-electron chi connectivity index (χ3n) is 5.94. The number of aromatic nitrogens is 2. The van der Waals surface area contributed by atoms with Crippen molar-refractivity contribution < 1.29 is 14.3 Å². The maximum atomic E-state index is 13.3. The molecule has 1 atom stereocenters. The second kappa shape index (κ2) is 8.75. The molecule has 4 aromatic rings. The van der Waals surface area contributed by atoms with Crippen molar-refractivity contribution in [3.8, 4) is 16.9 Å². The molecule has 9 heteroatoms. The molecule has 1 fully saturated rings. The number of hydrogen-bond donors (Lipinski definition) is 1. The summed E-state index contributed by atoms with van der Waals surface area (Å²) in [6, 6.07) is 16.8. The lowest BCUT2D eigenvalue weighted by molar-refractivity contribution is -0.123. The highest BCUT2D eigenvalue weighted by Crippen LogP contribution is 2.35. The lowest BCUT2D eigenvalue weighted by Crippen LogP contribution is -2.37. The van der Waals surface area contributed by atoms with Gasteiger partial charge in [0.1, 0.15) is 16.9 Å². The van der Waals surface area contributed by atoms with E-state index in [0.717, 1.165) is 20.7 Å². The number of rotatable bonds is 5. The summed E-state index contributed by atoms with van der Waals surface area (Å²) in [6.45, 7) is 2.17. The molecule has 8 nitrogen and oxygen atoms in total. The maximum Gasteiger partial charge on any atom is 0.281 e. The molecule has 5 rings (SSSR count). The van der Waals surface area contributed by atoms with Crippen LogP contribution in [0, 0.1) is 12.8 Å². The molecule has 2 amide bonds. The van der Waals surface area contributed by atoms with Crippen LogP contribution in [0.4, 0.5) is 5.69 Å². The molecule has 1 N–H and O–H groups in total. The van der Waals surface area contributed by atoms with Crippen LogP contribution in [-0.2, 0) is 9.59 Å². The Morgan fingerprint density at radius 1 is 1.15 bits per heavy atom. The number of aryl methyl sites for hydroxylation is 1. The molecule has 3 heterocycles. The molecule has 172 valence electrons. The fourth-order valence-corrected chi connectivity index (χ4v) is 5.26. The number of ether oxygens (including phenoxy) is 1. The largest absolute Gasteiger partial charge is 0.497 e. The summed E-state index contributed by atoms with van der Waals surface area (Å²) >= 11 is 1.44. The van der Waals surface area contributed by atoms with Crippen molar-refractivity contribution in [2.75, 3.05) is 24.0 Å². The Hall–Kier alpha value is -3.98. The number of benzene rings is 2. The summed E-state index contributed by atoms with van der Waals surface area (Å²) < 4.78 is 6.35. The van der Waals surface area contributed by atoms with Gasteiger partial charge in [0.25, 0.3) is 5.56 Å². The van der Waals surface area contributed by atoms with Crippen molar-refractivity contribution in [1.82, 2.24) is 9.66 Å². The number of nitrogens with one attached hydrogen (secondary N) is 1. The normalized spacial score (nSPS) is 15.6. The Morgan fingerprint density at radius 3 is 2.71 bits per heavy atom. The van der Waals surface area contributed by atoms with Gasteiger partial charge in [-0.15, -0.1) is 11.3 Å². The molecule has 2 aromatic carbocycles. The van der Waals surface area contributed by atoms with Gasteiger partial charge < -0.3 is 9.64 Å². The highest BCUT2D eigenvalue weighted by atomic mass is 32.1. The molecule has 1 aliphatic heterocycles. The zero-order valence-electron chi connectivity index (χ0n) is 18.6. The number of nitrogens with zero attached hydrogens (tertiary/aromatic N) is 3. The van der Waals surface area contributed by atoms with Crippen LogP contribution in [0.5, 0.6) is 5.75 Å². The number of carbonyl (C=O) groups is 2. The third kappa shape index (κ3) is 3.84. The van der Waals surface area contributed by atoms with Crippen LogP contribution in [0.15, 0.2) is 65.7 Å². The highest BCUT2D eigenvalue weighted by Gasteiger charge is 2.35. The van der Waals surface area contributed by atoms with Crippen LogP contribution in [0.3, 0.4) is 0 Å². The van der Waals surface area contributed by atoms with E-state index in [1.807, 2.05) is 37.3 Å². The fraction of sp³-hybridized carbons (Fsp3) is 0.200. The molecule has 0 bridgehead atoms. The monoisotopic (exact) mass is 474 g/mol. The predicted molar refractivity (Wildman–Crippen MR) is 132 cm³/mol. The number of anilines is 1. The fourth-order valence-electron chi connectivity index (χ4n) is 4.26. The zero-order valence-corrected chi connectivity index (χ0v) is 19.5. The molecule has 0 spiro atoms. The van der Waals surface area contributed by atoms with Gasteiger partial charge in [-0.1, -0.05) is 36.4 Å². The minimum absolute atomic E-state index is 0.0558. The highest BCUT2D eigenvalue weighted by molar-refractivity contribution is 7.19. The van der Waals surface area contributed by atoms with E-state index in [2.05, 4.69) is 10.4 Å². The molecule has 1 saturated heterocycles. The SMILES string of the molecule is COc1cccc(N2CC(C(=O)Nn3cnc4sc(C)c(-c5ccccc5)c4c3=O)CC2=O)c1. The molecule has 34 heavy (non-hydrogen) atoms. The van der Waals surface area contributed by atoms with E-state index in [0.29, 0.717) is 21.7 Å². The zero-order chi connectivity index (χ0) is 23.8. The van der Waals surface area contributed by atoms with Crippen LogP contribution in [-0.4, -0.2) is 35.1 Å². The first-order valence-electron chi connectivity index (χ1n) is 10.8. The van der Waals surface area contributed by atoms with E-state index in [9.17, 15) is 14.4 Å². The van der Waals surface area contributed by atoms with Gasteiger partial charge in [-0.25, -0.2) is 9.66 Å². The van der Waals surface area contributed by atoms with Crippen molar-refractivity contribution in [3.05, 3.63) is 76.2 Å². The quantitative estimate of drug-likeness (QED) is 0.477. The van der Waals surface area contributed by atoms with E-state index < -0.39 is 11.8 Å². The molecular weight excluding hydrogens is 452 g/mol. The van der Waals surface area contributed by atoms with Crippen molar-refractivity contribution in [1.29, 1.82) is 0 Å². The van der Waals surface area contributed by atoms with E-state index >= 15 is 0 Å². The van der Waals surface area contributed by atoms with Gasteiger partial charge in [0, 0.05) is 35.2 Å². The standard InChI is InChI=1S/C25H22N4O4S/c1-15-21(16-7-4-3-5-8-16)22-24(34-15)26-14-29(25(22)32)27-23(31)17-11-20(30)28(13-17)18-9-6-10-19(12-18)33-2/h3-10,12,14,17H,11,13H2,1-2H3,(H,27,31). The summed E-state index contributed by atoms with van der Waals surface area (Å²) in [5.74, 6) is -0.534. The van der Waals surface area contributed by atoms with Gasteiger partial charge in [0.2, 0.25) is 11.8 Å². The summed E-state index contributed by atoms with van der Waals surface area (Å²) in [5.41, 5.74) is 4.71. The van der Waals surface area contributed by atoms with Gasteiger partial charge in [-0.3, -0.25) is 19.8 Å². The number of carbonyl (C=O) groups excluding carboxylic acids is 2. The van der Waals surface area contributed by atoms with Crippen LogP contribution in [0.1, 0.15) is 11.3 Å².